The molecule has 0 radical (unpaired) electrons. The standard InChI is InChI=1S/C10H6N2.CH2O2/c11-7-9-4-1-3-8-5-2-6-12-10(8)9;2-1-3/h1-6H;1H,(H,2,3). The number of hydrogen-bond acceptors (Lipinski definition) is 3. The minimum atomic E-state index is -0.250. The van der Waals surface area contributed by atoms with E-state index in [1.165, 1.54) is 0 Å². The van der Waals surface area contributed by atoms with Gasteiger partial charge in [0, 0.05) is 11.6 Å². The molecule has 2 rings (SSSR count). The second-order valence-corrected chi connectivity index (χ2v) is 2.60. The van der Waals surface area contributed by atoms with Gasteiger partial charge in [0.05, 0.1) is 11.1 Å². The summed E-state index contributed by atoms with van der Waals surface area (Å²) >= 11 is 0. The van der Waals surface area contributed by atoms with Gasteiger partial charge in [0.15, 0.2) is 0 Å². The summed E-state index contributed by atoms with van der Waals surface area (Å²) in [5.41, 5.74) is 1.41. The van der Waals surface area contributed by atoms with Crippen molar-refractivity contribution in [2.24, 2.45) is 0 Å². The minimum Gasteiger partial charge on any atom is -0.483 e. The zero-order valence-electron chi connectivity index (χ0n) is 7.79. The van der Waals surface area contributed by atoms with Crippen LogP contribution < -0.4 is 0 Å². The number of carbonyl (C=O) groups is 1. The molecule has 0 aliphatic heterocycles. The van der Waals surface area contributed by atoms with Crippen molar-refractivity contribution in [1.82, 2.24) is 4.98 Å². The van der Waals surface area contributed by atoms with Crippen molar-refractivity contribution >= 4 is 17.4 Å². The molecule has 1 heterocycles. The molecular formula is C11H8N2O2. The number of pyridine rings is 1. The molecule has 0 bridgehead atoms. The molecule has 15 heavy (non-hydrogen) atoms. The monoisotopic (exact) mass is 200 g/mol. The number of rotatable bonds is 0. The van der Waals surface area contributed by atoms with Crippen LogP contribution in [0.15, 0.2) is 36.5 Å². The predicted molar refractivity (Wildman–Crippen MR) is 55.2 cm³/mol. The van der Waals surface area contributed by atoms with E-state index < -0.39 is 0 Å². The van der Waals surface area contributed by atoms with Gasteiger partial charge in [-0.15, -0.1) is 0 Å². The van der Waals surface area contributed by atoms with Gasteiger partial charge in [-0.25, -0.2) is 0 Å². The lowest BCUT2D eigenvalue weighted by atomic mass is 10.1. The molecule has 0 fully saturated rings. The van der Waals surface area contributed by atoms with Gasteiger partial charge in [0.1, 0.15) is 6.07 Å². The molecule has 1 aromatic carbocycles. The van der Waals surface area contributed by atoms with Crippen molar-refractivity contribution in [2.45, 2.75) is 0 Å². The fourth-order valence-corrected chi connectivity index (χ4v) is 1.19. The first-order valence-corrected chi connectivity index (χ1v) is 4.15. The van der Waals surface area contributed by atoms with E-state index in [4.69, 9.17) is 15.2 Å². The van der Waals surface area contributed by atoms with E-state index >= 15 is 0 Å². The van der Waals surface area contributed by atoms with E-state index in [9.17, 15) is 0 Å². The van der Waals surface area contributed by atoms with Crippen molar-refractivity contribution < 1.29 is 9.90 Å². The van der Waals surface area contributed by atoms with Gasteiger partial charge in [-0.05, 0) is 12.1 Å². The Morgan fingerprint density at radius 2 is 2.00 bits per heavy atom. The first-order chi connectivity index (χ1) is 7.33. The van der Waals surface area contributed by atoms with Gasteiger partial charge in [-0.3, -0.25) is 9.78 Å². The van der Waals surface area contributed by atoms with Crippen LogP contribution in [-0.2, 0) is 4.79 Å². The zero-order valence-corrected chi connectivity index (χ0v) is 7.79. The second-order valence-electron chi connectivity index (χ2n) is 2.60. The number of para-hydroxylation sites is 1. The van der Waals surface area contributed by atoms with Crippen LogP contribution in [0.2, 0.25) is 0 Å². The van der Waals surface area contributed by atoms with Crippen LogP contribution in [0.3, 0.4) is 0 Å². The first kappa shape index (κ1) is 10.7. The van der Waals surface area contributed by atoms with Gasteiger partial charge >= 0.3 is 0 Å². The van der Waals surface area contributed by atoms with Gasteiger partial charge in [0.25, 0.3) is 6.47 Å². The highest BCUT2D eigenvalue weighted by Gasteiger charge is 1.97. The van der Waals surface area contributed by atoms with E-state index in [2.05, 4.69) is 11.1 Å². The third kappa shape index (κ3) is 2.51. The summed E-state index contributed by atoms with van der Waals surface area (Å²) in [5, 5.41) is 16.6. The van der Waals surface area contributed by atoms with Crippen LogP contribution in [0, 0.1) is 11.3 Å². The lowest BCUT2D eigenvalue weighted by Gasteiger charge is -1.95. The SMILES string of the molecule is N#Cc1cccc2cccnc12.O=CO. The average Bonchev–Trinajstić information content (AvgIpc) is 2.29. The number of aromatic nitrogens is 1. The highest BCUT2D eigenvalue weighted by atomic mass is 16.3. The summed E-state index contributed by atoms with van der Waals surface area (Å²) < 4.78 is 0. The highest BCUT2D eigenvalue weighted by Crippen LogP contribution is 2.14. The highest BCUT2D eigenvalue weighted by molar-refractivity contribution is 5.83. The molecule has 0 aliphatic carbocycles. The van der Waals surface area contributed by atoms with Crippen molar-refractivity contribution in [3.05, 3.63) is 42.1 Å². The maximum absolute atomic E-state index is 8.75. The molecule has 0 aliphatic rings. The van der Waals surface area contributed by atoms with E-state index in [1.807, 2.05) is 24.3 Å². The molecule has 74 valence electrons. The summed E-state index contributed by atoms with van der Waals surface area (Å²) in [6.45, 7) is -0.250. The van der Waals surface area contributed by atoms with Crippen LogP contribution in [0.25, 0.3) is 10.9 Å². The van der Waals surface area contributed by atoms with Gasteiger partial charge in [-0.2, -0.15) is 5.26 Å². The van der Waals surface area contributed by atoms with Gasteiger partial charge in [-0.1, -0.05) is 18.2 Å². The van der Waals surface area contributed by atoms with Crippen LogP contribution in [0.1, 0.15) is 5.56 Å². The maximum Gasteiger partial charge on any atom is 0.290 e. The smallest absolute Gasteiger partial charge is 0.290 e. The summed E-state index contributed by atoms with van der Waals surface area (Å²) in [6.07, 6.45) is 1.70. The second kappa shape index (κ2) is 5.35. The van der Waals surface area contributed by atoms with Crippen LogP contribution >= 0.6 is 0 Å². The maximum atomic E-state index is 8.75. The Morgan fingerprint density at radius 1 is 1.33 bits per heavy atom. The minimum absolute atomic E-state index is 0.250. The molecule has 0 atom stereocenters. The van der Waals surface area contributed by atoms with E-state index in [0.717, 1.165) is 10.9 Å². The topological polar surface area (TPSA) is 74.0 Å². The van der Waals surface area contributed by atoms with E-state index in [0.29, 0.717) is 5.56 Å². The number of nitriles is 1. The molecule has 0 amide bonds. The number of nitrogens with zero attached hydrogens (tertiary/aromatic N) is 2. The molecular weight excluding hydrogens is 192 g/mol. The Labute approximate surface area is 86.4 Å². The number of benzene rings is 1. The summed E-state index contributed by atoms with van der Waals surface area (Å²) in [6, 6.07) is 11.5. The molecule has 0 spiro atoms. The average molecular weight is 200 g/mol. The predicted octanol–water partition coefficient (Wildman–Crippen LogP) is 1.81. The van der Waals surface area contributed by atoms with Gasteiger partial charge < -0.3 is 5.11 Å². The first-order valence-electron chi connectivity index (χ1n) is 4.15. The quantitative estimate of drug-likeness (QED) is 0.658. The molecule has 1 N–H and O–H groups in total. The summed E-state index contributed by atoms with van der Waals surface area (Å²) in [5.74, 6) is 0. The third-order valence-corrected chi connectivity index (χ3v) is 1.75. The van der Waals surface area contributed by atoms with E-state index in [1.54, 1.807) is 12.3 Å². The molecule has 4 nitrogen and oxygen atoms in total. The Kier molecular flexibility index (Phi) is 3.80. The Bertz CT molecular complexity index is 498. The van der Waals surface area contributed by atoms with Crippen LogP contribution in [0.5, 0.6) is 0 Å². The molecule has 4 heteroatoms. The van der Waals surface area contributed by atoms with Crippen molar-refractivity contribution in [1.29, 1.82) is 5.26 Å². The summed E-state index contributed by atoms with van der Waals surface area (Å²) in [4.78, 5) is 12.5. The molecule has 0 saturated carbocycles. The molecule has 0 unspecified atom stereocenters. The van der Waals surface area contributed by atoms with Crippen molar-refractivity contribution in [2.75, 3.05) is 0 Å². The van der Waals surface area contributed by atoms with Gasteiger partial charge in [0.2, 0.25) is 0 Å². The largest absolute Gasteiger partial charge is 0.483 e. The number of fused-ring (bicyclic) bond motifs is 1. The molecule has 0 saturated heterocycles. The summed E-state index contributed by atoms with van der Waals surface area (Å²) in [7, 11) is 0. The van der Waals surface area contributed by atoms with E-state index in [-0.39, 0.29) is 6.47 Å². The molecule has 2 aromatic rings. The fourth-order valence-electron chi connectivity index (χ4n) is 1.19. The van der Waals surface area contributed by atoms with Crippen molar-refractivity contribution in [3.8, 4) is 6.07 Å². The van der Waals surface area contributed by atoms with Crippen molar-refractivity contribution in [3.63, 3.8) is 0 Å². The molecule has 1 aromatic heterocycles. The van der Waals surface area contributed by atoms with Crippen LogP contribution in [0.4, 0.5) is 0 Å². The van der Waals surface area contributed by atoms with Crippen LogP contribution in [-0.4, -0.2) is 16.6 Å². The lowest BCUT2D eigenvalue weighted by Crippen LogP contribution is -1.81. The number of carboxylic acid groups (broad SMARTS) is 1. The Morgan fingerprint density at radius 3 is 2.67 bits per heavy atom. The zero-order chi connectivity index (χ0) is 11.1. The third-order valence-electron chi connectivity index (χ3n) is 1.75. The Balaban J connectivity index is 0.000000337. The Hall–Kier alpha value is -2.41. The normalized spacial score (nSPS) is 8.47. The number of hydrogen-bond donors (Lipinski definition) is 1. The fraction of sp³-hybridized carbons (Fsp3) is 0. The lowest BCUT2D eigenvalue weighted by molar-refractivity contribution is -0.122.